The highest BCUT2D eigenvalue weighted by Crippen LogP contribution is 2.28. The van der Waals surface area contributed by atoms with Crippen molar-refractivity contribution in [2.45, 2.75) is 19.8 Å². The monoisotopic (exact) mass is 338 g/mol. The van der Waals surface area contributed by atoms with Crippen LogP contribution < -0.4 is 10.1 Å². The lowest BCUT2D eigenvalue weighted by Gasteiger charge is -2.22. The molecular formula is C18H22N6O. The Morgan fingerprint density at radius 1 is 1.32 bits per heavy atom. The van der Waals surface area contributed by atoms with Crippen LogP contribution in [0.5, 0.6) is 5.88 Å². The van der Waals surface area contributed by atoms with Crippen molar-refractivity contribution in [2.75, 3.05) is 19.7 Å². The van der Waals surface area contributed by atoms with Crippen LogP contribution in [0.2, 0.25) is 0 Å². The lowest BCUT2D eigenvalue weighted by Crippen LogP contribution is -2.33. The second-order valence-corrected chi connectivity index (χ2v) is 6.53. The fraction of sp³-hybridized carbons (Fsp3) is 0.444. The van der Waals surface area contributed by atoms with Gasteiger partial charge in [0, 0.05) is 43.2 Å². The van der Waals surface area contributed by atoms with Crippen molar-refractivity contribution in [1.29, 1.82) is 0 Å². The highest BCUT2D eigenvalue weighted by atomic mass is 16.5. The van der Waals surface area contributed by atoms with E-state index in [-0.39, 0.29) is 0 Å². The smallest absolute Gasteiger partial charge is 0.242 e. The van der Waals surface area contributed by atoms with Crippen molar-refractivity contribution in [1.82, 2.24) is 30.0 Å². The Morgan fingerprint density at radius 2 is 2.20 bits per heavy atom. The van der Waals surface area contributed by atoms with Gasteiger partial charge in [-0.15, -0.1) is 0 Å². The van der Waals surface area contributed by atoms with Crippen LogP contribution in [0.15, 0.2) is 24.7 Å². The largest absolute Gasteiger partial charge is 0.476 e. The molecule has 0 saturated carbocycles. The molecule has 130 valence electrons. The van der Waals surface area contributed by atoms with Gasteiger partial charge in [-0.25, -0.2) is 9.97 Å². The molecule has 4 rings (SSSR count). The predicted molar refractivity (Wildman–Crippen MR) is 95.4 cm³/mol. The van der Waals surface area contributed by atoms with E-state index >= 15 is 0 Å². The summed E-state index contributed by atoms with van der Waals surface area (Å²) >= 11 is 0. The molecule has 1 atom stereocenters. The SMILES string of the molecule is Cc1c(-c2cc3nccnc3c(OCC3CCCNC3)n2)cnn1C. The molecule has 7 heteroatoms. The molecule has 0 aliphatic carbocycles. The van der Waals surface area contributed by atoms with Gasteiger partial charge < -0.3 is 10.1 Å². The minimum Gasteiger partial charge on any atom is -0.476 e. The number of hydrogen-bond donors (Lipinski definition) is 1. The normalized spacial score (nSPS) is 17.8. The lowest BCUT2D eigenvalue weighted by atomic mass is 10.0. The Bertz CT molecular complexity index is 884. The van der Waals surface area contributed by atoms with Gasteiger partial charge in [-0.1, -0.05) is 0 Å². The molecule has 1 aliphatic heterocycles. The molecule has 1 aliphatic rings. The van der Waals surface area contributed by atoms with E-state index in [2.05, 4.69) is 20.4 Å². The maximum Gasteiger partial charge on any atom is 0.242 e. The van der Waals surface area contributed by atoms with Gasteiger partial charge in [0.1, 0.15) is 0 Å². The minimum atomic E-state index is 0.506. The fourth-order valence-corrected chi connectivity index (χ4v) is 3.20. The van der Waals surface area contributed by atoms with E-state index < -0.39 is 0 Å². The third kappa shape index (κ3) is 3.19. The molecule has 1 N–H and O–H groups in total. The summed E-state index contributed by atoms with van der Waals surface area (Å²) in [4.78, 5) is 13.6. The molecule has 25 heavy (non-hydrogen) atoms. The second kappa shape index (κ2) is 6.76. The molecule has 3 aromatic rings. The molecular weight excluding hydrogens is 316 g/mol. The molecule has 1 fully saturated rings. The molecule has 7 nitrogen and oxygen atoms in total. The fourth-order valence-electron chi connectivity index (χ4n) is 3.20. The molecule has 1 saturated heterocycles. The number of nitrogens with one attached hydrogen (secondary N) is 1. The standard InChI is InChI=1S/C18H22N6O/c1-12-14(10-22-24(12)2)15-8-16-17(21-7-6-20-16)18(23-15)25-11-13-4-3-5-19-9-13/h6-8,10,13,19H,3-5,9,11H2,1-2H3. The maximum absolute atomic E-state index is 6.09. The van der Waals surface area contributed by atoms with Crippen LogP contribution in [-0.2, 0) is 7.05 Å². The molecule has 3 aromatic heterocycles. The Hall–Kier alpha value is -2.54. The summed E-state index contributed by atoms with van der Waals surface area (Å²) in [6.45, 7) is 4.75. The first-order valence-electron chi connectivity index (χ1n) is 8.66. The summed E-state index contributed by atoms with van der Waals surface area (Å²) in [5.74, 6) is 1.06. The lowest BCUT2D eigenvalue weighted by molar-refractivity contribution is 0.214. The van der Waals surface area contributed by atoms with Crippen molar-refractivity contribution < 1.29 is 4.74 Å². The van der Waals surface area contributed by atoms with Crippen LogP contribution in [0.1, 0.15) is 18.5 Å². The number of fused-ring (bicyclic) bond motifs is 1. The van der Waals surface area contributed by atoms with E-state index in [9.17, 15) is 0 Å². The topological polar surface area (TPSA) is 77.8 Å². The minimum absolute atomic E-state index is 0.506. The maximum atomic E-state index is 6.09. The van der Waals surface area contributed by atoms with E-state index in [1.807, 2.05) is 30.9 Å². The Morgan fingerprint density at radius 3 is 2.96 bits per heavy atom. The van der Waals surface area contributed by atoms with Gasteiger partial charge in [0.2, 0.25) is 5.88 Å². The van der Waals surface area contributed by atoms with Gasteiger partial charge in [-0.2, -0.15) is 5.10 Å². The predicted octanol–water partition coefficient (Wildman–Crippen LogP) is 2.11. The summed E-state index contributed by atoms with van der Waals surface area (Å²) in [5.41, 5.74) is 4.34. The molecule has 0 amide bonds. The number of rotatable bonds is 4. The van der Waals surface area contributed by atoms with E-state index in [1.165, 1.54) is 12.8 Å². The van der Waals surface area contributed by atoms with Crippen LogP contribution in [0, 0.1) is 12.8 Å². The number of aromatic nitrogens is 5. The Kier molecular flexibility index (Phi) is 4.31. The van der Waals surface area contributed by atoms with E-state index in [4.69, 9.17) is 9.72 Å². The number of hydrogen-bond acceptors (Lipinski definition) is 6. The number of aryl methyl sites for hydroxylation is 1. The first kappa shape index (κ1) is 16.0. The number of pyridine rings is 1. The van der Waals surface area contributed by atoms with E-state index in [0.29, 0.717) is 23.9 Å². The highest BCUT2D eigenvalue weighted by molar-refractivity contribution is 5.83. The molecule has 0 aromatic carbocycles. The zero-order chi connectivity index (χ0) is 17.2. The Balaban J connectivity index is 1.70. The van der Waals surface area contributed by atoms with Crippen LogP contribution in [0.25, 0.3) is 22.3 Å². The summed E-state index contributed by atoms with van der Waals surface area (Å²) in [7, 11) is 1.92. The van der Waals surface area contributed by atoms with Crippen LogP contribution in [0.3, 0.4) is 0 Å². The van der Waals surface area contributed by atoms with Crippen molar-refractivity contribution in [2.24, 2.45) is 13.0 Å². The molecule has 0 bridgehead atoms. The van der Waals surface area contributed by atoms with Gasteiger partial charge in [-0.3, -0.25) is 9.67 Å². The van der Waals surface area contributed by atoms with Gasteiger partial charge in [0.05, 0.1) is 24.0 Å². The number of ether oxygens (including phenoxy) is 1. The molecule has 0 radical (unpaired) electrons. The average Bonchev–Trinajstić information content (AvgIpc) is 2.99. The third-order valence-electron chi connectivity index (χ3n) is 4.79. The van der Waals surface area contributed by atoms with Crippen molar-refractivity contribution in [3.63, 3.8) is 0 Å². The first-order chi connectivity index (χ1) is 12.2. The van der Waals surface area contributed by atoms with E-state index in [1.54, 1.807) is 12.4 Å². The van der Waals surface area contributed by atoms with Crippen molar-refractivity contribution in [3.05, 3.63) is 30.4 Å². The van der Waals surface area contributed by atoms with Crippen molar-refractivity contribution in [3.8, 4) is 17.1 Å². The Labute approximate surface area is 146 Å². The molecule has 0 spiro atoms. The van der Waals surface area contributed by atoms with Gasteiger partial charge >= 0.3 is 0 Å². The molecule has 4 heterocycles. The van der Waals surface area contributed by atoms with Crippen LogP contribution in [-0.4, -0.2) is 44.4 Å². The van der Waals surface area contributed by atoms with Gasteiger partial charge in [0.25, 0.3) is 0 Å². The highest BCUT2D eigenvalue weighted by Gasteiger charge is 2.17. The summed E-state index contributed by atoms with van der Waals surface area (Å²) in [6, 6.07) is 1.95. The molecule has 1 unspecified atom stereocenters. The van der Waals surface area contributed by atoms with Crippen LogP contribution >= 0.6 is 0 Å². The van der Waals surface area contributed by atoms with E-state index in [0.717, 1.165) is 35.6 Å². The second-order valence-electron chi connectivity index (χ2n) is 6.53. The number of nitrogens with zero attached hydrogens (tertiary/aromatic N) is 5. The first-order valence-corrected chi connectivity index (χ1v) is 8.66. The summed E-state index contributed by atoms with van der Waals surface area (Å²) in [6.07, 6.45) is 7.56. The van der Waals surface area contributed by atoms with Crippen LogP contribution in [0.4, 0.5) is 0 Å². The zero-order valence-electron chi connectivity index (χ0n) is 14.6. The zero-order valence-corrected chi connectivity index (χ0v) is 14.6. The quantitative estimate of drug-likeness (QED) is 0.785. The van der Waals surface area contributed by atoms with Gasteiger partial charge in [-0.05, 0) is 32.4 Å². The summed E-state index contributed by atoms with van der Waals surface area (Å²) < 4.78 is 7.93. The third-order valence-corrected chi connectivity index (χ3v) is 4.79. The van der Waals surface area contributed by atoms with Crippen molar-refractivity contribution >= 4 is 11.0 Å². The summed E-state index contributed by atoms with van der Waals surface area (Å²) in [5, 5.41) is 7.73. The number of piperidine rings is 1. The average molecular weight is 338 g/mol. The van der Waals surface area contributed by atoms with Gasteiger partial charge in [0.15, 0.2) is 5.52 Å².